The van der Waals surface area contributed by atoms with Gasteiger partial charge in [-0.2, -0.15) is 0 Å². The molecule has 0 unspecified atom stereocenters. The molecule has 1 aliphatic rings. The molecule has 0 aromatic heterocycles. The van der Waals surface area contributed by atoms with E-state index in [0.717, 1.165) is 10.0 Å². The molecule has 1 aromatic carbocycles. The number of nitrogens with one attached hydrogen (secondary N) is 1. The second-order valence-electron chi connectivity index (χ2n) is 5.34. The number of aryl methyl sites for hydroxylation is 1. The minimum atomic E-state index is -0.923. The van der Waals surface area contributed by atoms with Gasteiger partial charge in [0.25, 0.3) is 5.91 Å². The van der Waals surface area contributed by atoms with Gasteiger partial charge >= 0.3 is 5.97 Å². The zero-order valence-electron chi connectivity index (χ0n) is 11.8. The maximum atomic E-state index is 12.3. The van der Waals surface area contributed by atoms with Crippen molar-refractivity contribution < 1.29 is 19.4 Å². The number of benzene rings is 1. The van der Waals surface area contributed by atoms with Gasteiger partial charge in [-0.25, -0.2) is 0 Å². The largest absolute Gasteiger partial charge is 0.481 e. The SMILES string of the molecule is Cc1ccc(Br)cc1C(=O)NCC1(C(=O)O)CCOCC1. The van der Waals surface area contributed by atoms with Gasteiger partial charge in [0.05, 0.1) is 5.41 Å². The molecular formula is C15H18BrNO4. The number of halogens is 1. The van der Waals surface area contributed by atoms with Gasteiger partial charge < -0.3 is 15.2 Å². The lowest BCUT2D eigenvalue weighted by Gasteiger charge is -2.33. The lowest BCUT2D eigenvalue weighted by Crippen LogP contribution is -2.46. The van der Waals surface area contributed by atoms with Crippen LogP contribution in [0.25, 0.3) is 0 Å². The van der Waals surface area contributed by atoms with Crippen molar-refractivity contribution in [1.29, 1.82) is 0 Å². The molecule has 1 heterocycles. The fourth-order valence-corrected chi connectivity index (χ4v) is 2.77. The molecule has 0 bridgehead atoms. The number of carbonyl (C=O) groups excluding carboxylic acids is 1. The lowest BCUT2D eigenvalue weighted by atomic mass is 9.80. The molecule has 2 N–H and O–H groups in total. The number of rotatable bonds is 4. The molecule has 0 atom stereocenters. The number of carboxylic acids is 1. The highest BCUT2D eigenvalue weighted by molar-refractivity contribution is 9.10. The van der Waals surface area contributed by atoms with Crippen molar-refractivity contribution in [3.05, 3.63) is 33.8 Å². The minimum Gasteiger partial charge on any atom is -0.481 e. The van der Waals surface area contributed by atoms with Crippen molar-refractivity contribution in [3.63, 3.8) is 0 Å². The van der Waals surface area contributed by atoms with Crippen LogP contribution in [0.15, 0.2) is 22.7 Å². The summed E-state index contributed by atoms with van der Waals surface area (Å²) in [7, 11) is 0. The average Bonchev–Trinajstić information content (AvgIpc) is 2.48. The van der Waals surface area contributed by atoms with Crippen molar-refractivity contribution in [2.75, 3.05) is 19.8 Å². The molecule has 2 rings (SSSR count). The second kappa shape index (κ2) is 6.58. The van der Waals surface area contributed by atoms with E-state index in [2.05, 4.69) is 21.2 Å². The van der Waals surface area contributed by atoms with Gasteiger partial charge in [-0.05, 0) is 37.5 Å². The van der Waals surface area contributed by atoms with Crippen LogP contribution in [0.2, 0.25) is 0 Å². The third-order valence-electron chi connectivity index (χ3n) is 3.94. The number of amides is 1. The summed E-state index contributed by atoms with van der Waals surface area (Å²) < 4.78 is 6.04. The summed E-state index contributed by atoms with van der Waals surface area (Å²) in [5, 5.41) is 12.2. The molecule has 1 aliphatic heterocycles. The van der Waals surface area contributed by atoms with Crippen LogP contribution in [0.3, 0.4) is 0 Å². The molecule has 0 radical (unpaired) electrons. The Hall–Kier alpha value is -1.40. The predicted octanol–water partition coefficient (Wildman–Crippen LogP) is 2.37. The first-order chi connectivity index (χ1) is 9.94. The van der Waals surface area contributed by atoms with Gasteiger partial charge in [0, 0.05) is 29.8 Å². The minimum absolute atomic E-state index is 0.122. The van der Waals surface area contributed by atoms with Crippen LogP contribution in [0.1, 0.15) is 28.8 Å². The van der Waals surface area contributed by atoms with E-state index < -0.39 is 11.4 Å². The molecule has 1 saturated heterocycles. The van der Waals surface area contributed by atoms with E-state index in [9.17, 15) is 14.7 Å². The van der Waals surface area contributed by atoms with E-state index in [0.29, 0.717) is 31.6 Å². The maximum absolute atomic E-state index is 12.3. The Kier molecular flexibility index (Phi) is 5.00. The molecular weight excluding hydrogens is 338 g/mol. The van der Waals surface area contributed by atoms with Crippen molar-refractivity contribution >= 4 is 27.8 Å². The average molecular weight is 356 g/mol. The van der Waals surface area contributed by atoms with Crippen molar-refractivity contribution in [2.45, 2.75) is 19.8 Å². The Bertz CT molecular complexity index is 553. The summed E-state index contributed by atoms with van der Waals surface area (Å²) in [5.41, 5.74) is 0.484. The third-order valence-corrected chi connectivity index (χ3v) is 4.43. The van der Waals surface area contributed by atoms with Crippen molar-refractivity contribution in [3.8, 4) is 0 Å². The number of ether oxygens (including phenoxy) is 1. The van der Waals surface area contributed by atoms with Gasteiger partial charge in [-0.15, -0.1) is 0 Å². The summed E-state index contributed by atoms with van der Waals surface area (Å²) in [4.78, 5) is 23.8. The maximum Gasteiger partial charge on any atom is 0.311 e. The van der Waals surface area contributed by atoms with Crippen LogP contribution < -0.4 is 5.32 Å². The summed E-state index contributed by atoms with van der Waals surface area (Å²) in [5.74, 6) is -1.13. The summed E-state index contributed by atoms with van der Waals surface area (Å²) in [6.07, 6.45) is 0.833. The topological polar surface area (TPSA) is 75.6 Å². The molecule has 6 heteroatoms. The molecule has 0 aliphatic carbocycles. The molecule has 0 spiro atoms. The van der Waals surface area contributed by atoms with Gasteiger partial charge in [-0.3, -0.25) is 9.59 Å². The molecule has 21 heavy (non-hydrogen) atoms. The Morgan fingerprint density at radius 2 is 2.05 bits per heavy atom. The Morgan fingerprint density at radius 3 is 2.67 bits per heavy atom. The Morgan fingerprint density at radius 1 is 1.38 bits per heavy atom. The summed E-state index contributed by atoms with van der Waals surface area (Å²) >= 11 is 3.34. The standard InChI is InChI=1S/C15H18BrNO4/c1-10-2-3-11(16)8-12(10)13(18)17-9-15(14(19)20)4-6-21-7-5-15/h2-3,8H,4-7,9H2,1H3,(H,17,18)(H,19,20). The zero-order chi connectivity index (χ0) is 15.5. The Balaban J connectivity index is 2.08. The summed E-state index contributed by atoms with van der Waals surface area (Å²) in [6.45, 7) is 2.80. The number of carbonyl (C=O) groups is 2. The van der Waals surface area contributed by atoms with Gasteiger partial charge in [0.2, 0.25) is 0 Å². The first kappa shape index (κ1) is 16.0. The number of hydrogen-bond donors (Lipinski definition) is 2. The molecule has 1 fully saturated rings. The highest BCUT2D eigenvalue weighted by Crippen LogP contribution is 2.30. The van der Waals surface area contributed by atoms with E-state index in [4.69, 9.17) is 4.74 Å². The van der Waals surface area contributed by atoms with Crippen LogP contribution in [0.5, 0.6) is 0 Å². The summed E-state index contributed by atoms with van der Waals surface area (Å²) in [6, 6.07) is 5.45. The molecule has 114 valence electrons. The van der Waals surface area contributed by atoms with E-state index in [-0.39, 0.29) is 12.5 Å². The smallest absolute Gasteiger partial charge is 0.311 e. The lowest BCUT2D eigenvalue weighted by molar-refractivity contribution is -0.154. The van der Waals surface area contributed by atoms with Crippen LogP contribution in [-0.2, 0) is 9.53 Å². The normalized spacial score (nSPS) is 17.2. The number of aliphatic carboxylic acids is 1. The first-order valence-corrected chi connectivity index (χ1v) is 7.59. The Labute approximate surface area is 131 Å². The first-order valence-electron chi connectivity index (χ1n) is 6.80. The van der Waals surface area contributed by atoms with Crippen LogP contribution >= 0.6 is 15.9 Å². The van der Waals surface area contributed by atoms with Crippen LogP contribution in [0, 0.1) is 12.3 Å². The van der Waals surface area contributed by atoms with Gasteiger partial charge in [0.15, 0.2) is 0 Å². The highest BCUT2D eigenvalue weighted by Gasteiger charge is 2.40. The van der Waals surface area contributed by atoms with E-state index in [1.54, 1.807) is 6.07 Å². The molecule has 0 saturated carbocycles. The molecule has 1 amide bonds. The fraction of sp³-hybridized carbons (Fsp3) is 0.467. The zero-order valence-corrected chi connectivity index (χ0v) is 13.4. The van der Waals surface area contributed by atoms with Crippen molar-refractivity contribution in [2.24, 2.45) is 5.41 Å². The molecule has 5 nitrogen and oxygen atoms in total. The van der Waals surface area contributed by atoms with E-state index >= 15 is 0 Å². The predicted molar refractivity (Wildman–Crippen MR) is 81.3 cm³/mol. The monoisotopic (exact) mass is 355 g/mol. The quantitative estimate of drug-likeness (QED) is 0.869. The second-order valence-corrected chi connectivity index (χ2v) is 6.26. The van der Waals surface area contributed by atoms with E-state index in [1.165, 1.54) is 0 Å². The van der Waals surface area contributed by atoms with Gasteiger partial charge in [0.1, 0.15) is 0 Å². The van der Waals surface area contributed by atoms with Gasteiger partial charge in [-0.1, -0.05) is 22.0 Å². The fourth-order valence-electron chi connectivity index (χ4n) is 2.41. The third kappa shape index (κ3) is 3.63. The van der Waals surface area contributed by atoms with Crippen molar-refractivity contribution in [1.82, 2.24) is 5.32 Å². The number of hydrogen-bond acceptors (Lipinski definition) is 3. The highest BCUT2D eigenvalue weighted by atomic mass is 79.9. The number of carboxylic acid groups (broad SMARTS) is 1. The van der Waals surface area contributed by atoms with Crippen LogP contribution in [0.4, 0.5) is 0 Å². The van der Waals surface area contributed by atoms with E-state index in [1.807, 2.05) is 19.1 Å². The van der Waals surface area contributed by atoms with Crippen LogP contribution in [-0.4, -0.2) is 36.7 Å². The molecule has 1 aromatic rings.